The molecule has 1 aromatic carbocycles. The number of para-hydroxylation sites is 1. The second-order valence-corrected chi connectivity index (χ2v) is 7.50. The molecule has 2 unspecified atom stereocenters. The number of carbonyl (C=O) groups excluding carboxylic acids is 1. The van der Waals surface area contributed by atoms with Gasteiger partial charge in [-0.2, -0.15) is 0 Å². The first kappa shape index (κ1) is 16.2. The van der Waals surface area contributed by atoms with Gasteiger partial charge in [0, 0.05) is 24.1 Å². The maximum atomic E-state index is 12.6. The van der Waals surface area contributed by atoms with E-state index in [1.807, 2.05) is 17.0 Å². The number of fused-ring (bicyclic) bond motifs is 1. The van der Waals surface area contributed by atoms with Crippen LogP contribution in [-0.2, 0) is 11.2 Å². The third-order valence-corrected chi connectivity index (χ3v) is 4.89. The molecule has 1 amide bonds. The maximum absolute atomic E-state index is 12.6. The number of nitrogens with zero attached hydrogens (tertiary/aromatic N) is 1. The minimum atomic E-state index is -0.207. The zero-order valence-electron chi connectivity index (χ0n) is 14.6. The van der Waals surface area contributed by atoms with Gasteiger partial charge in [-0.3, -0.25) is 4.79 Å². The largest absolute Gasteiger partial charge is 0.483 e. The molecule has 0 N–H and O–H groups in total. The van der Waals surface area contributed by atoms with Gasteiger partial charge >= 0.3 is 0 Å². The van der Waals surface area contributed by atoms with Gasteiger partial charge < -0.3 is 14.4 Å². The van der Waals surface area contributed by atoms with E-state index in [0.717, 1.165) is 30.6 Å². The Bertz CT molecular complexity index is 586. The number of likely N-dealkylation sites (tertiary alicyclic amines) is 1. The van der Waals surface area contributed by atoms with E-state index in [4.69, 9.17) is 9.47 Å². The Hall–Kier alpha value is -1.71. The molecule has 2 aliphatic rings. The third-order valence-electron chi connectivity index (χ3n) is 4.89. The first-order valence-electron chi connectivity index (χ1n) is 8.62. The fraction of sp³-hybridized carbons (Fsp3) is 0.632. The molecular formula is C19H27NO3. The highest BCUT2D eigenvalue weighted by molar-refractivity contribution is 5.78. The summed E-state index contributed by atoms with van der Waals surface area (Å²) >= 11 is 0. The van der Waals surface area contributed by atoms with Gasteiger partial charge in [0.25, 0.3) is 5.91 Å². The summed E-state index contributed by atoms with van der Waals surface area (Å²) in [7, 11) is 0. The quantitative estimate of drug-likeness (QED) is 0.855. The normalized spacial score (nSPS) is 25.7. The topological polar surface area (TPSA) is 38.8 Å². The molecule has 23 heavy (non-hydrogen) atoms. The van der Waals surface area contributed by atoms with Crippen molar-refractivity contribution in [3.8, 4) is 11.5 Å². The zero-order valence-corrected chi connectivity index (χ0v) is 14.6. The molecule has 0 aliphatic carbocycles. The molecule has 2 heterocycles. The van der Waals surface area contributed by atoms with Crippen molar-refractivity contribution in [3.05, 3.63) is 23.8 Å². The van der Waals surface area contributed by atoms with Gasteiger partial charge in [0.15, 0.2) is 18.1 Å². The summed E-state index contributed by atoms with van der Waals surface area (Å²) in [5.74, 6) is 1.54. The molecule has 1 aromatic rings. The summed E-state index contributed by atoms with van der Waals surface area (Å²) in [5.41, 5.74) is 0.946. The van der Waals surface area contributed by atoms with Gasteiger partial charge in [0.05, 0.1) is 0 Å². The highest BCUT2D eigenvalue weighted by Crippen LogP contribution is 2.41. The Kier molecular flexibility index (Phi) is 4.26. The van der Waals surface area contributed by atoms with Crippen molar-refractivity contribution in [1.29, 1.82) is 0 Å². The summed E-state index contributed by atoms with van der Waals surface area (Å²) in [4.78, 5) is 14.6. The SMILES string of the molecule is CC1CCCC(C)N1C(=O)COc1cccc2c1OC(C)(C)C2. The number of benzene rings is 1. The van der Waals surface area contributed by atoms with E-state index in [0.29, 0.717) is 17.8 Å². The lowest BCUT2D eigenvalue weighted by Gasteiger charge is -2.39. The number of ether oxygens (including phenoxy) is 2. The molecule has 3 rings (SSSR count). The zero-order chi connectivity index (χ0) is 16.6. The third kappa shape index (κ3) is 3.31. The number of hydrogen-bond donors (Lipinski definition) is 0. The molecule has 0 saturated carbocycles. The Balaban J connectivity index is 1.68. The summed E-state index contributed by atoms with van der Waals surface area (Å²) in [6.45, 7) is 8.46. The first-order valence-corrected chi connectivity index (χ1v) is 8.62. The van der Waals surface area contributed by atoms with Crippen LogP contribution in [0.3, 0.4) is 0 Å². The van der Waals surface area contributed by atoms with Gasteiger partial charge in [0.2, 0.25) is 0 Å². The lowest BCUT2D eigenvalue weighted by atomic mass is 9.97. The highest BCUT2D eigenvalue weighted by Gasteiger charge is 2.33. The molecule has 2 atom stereocenters. The molecule has 4 nitrogen and oxygen atoms in total. The van der Waals surface area contributed by atoms with E-state index in [2.05, 4.69) is 33.8 Å². The van der Waals surface area contributed by atoms with Crippen molar-refractivity contribution in [2.24, 2.45) is 0 Å². The number of amides is 1. The van der Waals surface area contributed by atoms with E-state index in [1.165, 1.54) is 6.42 Å². The summed E-state index contributed by atoms with van der Waals surface area (Å²) in [6, 6.07) is 6.51. The molecule has 2 aliphatic heterocycles. The lowest BCUT2D eigenvalue weighted by molar-refractivity contribution is -0.139. The number of piperidine rings is 1. The number of carbonyl (C=O) groups is 1. The van der Waals surface area contributed by atoms with Gasteiger partial charge in [-0.25, -0.2) is 0 Å². The first-order chi connectivity index (χ1) is 10.9. The molecule has 1 fully saturated rings. The summed E-state index contributed by atoms with van der Waals surface area (Å²) in [5, 5.41) is 0. The van der Waals surface area contributed by atoms with Crippen LogP contribution in [0.2, 0.25) is 0 Å². The van der Waals surface area contributed by atoms with Gasteiger partial charge in [0.1, 0.15) is 5.60 Å². The smallest absolute Gasteiger partial charge is 0.260 e. The van der Waals surface area contributed by atoms with Crippen molar-refractivity contribution >= 4 is 5.91 Å². The average molecular weight is 317 g/mol. The van der Waals surface area contributed by atoms with Crippen LogP contribution in [0.1, 0.15) is 52.5 Å². The van der Waals surface area contributed by atoms with Crippen LogP contribution in [-0.4, -0.2) is 35.1 Å². The Morgan fingerprint density at radius 2 is 2.00 bits per heavy atom. The molecule has 0 radical (unpaired) electrons. The predicted molar refractivity (Wildman–Crippen MR) is 90.0 cm³/mol. The van der Waals surface area contributed by atoms with Gasteiger partial charge in [-0.15, -0.1) is 0 Å². The van der Waals surface area contributed by atoms with E-state index < -0.39 is 0 Å². The van der Waals surface area contributed by atoms with E-state index >= 15 is 0 Å². The maximum Gasteiger partial charge on any atom is 0.260 e. The molecule has 0 spiro atoms. The summed E-state index contributed by atoms with van der Waals surface area (Å²) in [6.07, 6.45) is 4.22. The van der Waals surface area contributed by atoms with Crippen LogP contribution in [0, 0.1) is 0 Å². The second-order valence-electron chi connectivity index (χ2n) is 7.50. The van der Waals surface area contributed by atoms with Crippen LogP contribution < -0.4 is 9.47 Å². The molecular weight excluding hydrogens is 290 g/mol. The minimum Gasteiger partial charge on any atom is -0.483 e. The van der Waals surface area contributed by atoms with Crippen LogP contribution >= 0.6 is 0 Å². The molecule has 4 heteroatoms. The monoisotopic (exact) mass is 317 g/mol. The van der Waals surface area contributed by atoms with Crippen LogP contribution in [0.4, 0.5) is 0 Å². The number of hydrogen-bond acceptors (Lipinski definition) is 3. The molecule has 0 aromatic heterocycles. The van der Waals surface area contributed by atoms with E-state index in [1.54, 1.807) is 0 Å². The van der Waals surface area contributed by atoms with E-state index in [9.17, 15) is 4.79 Å². The standard InChI is InChI=1S/C19H27NO3/c1-13-7-5-8-14(2)20(13)17(21)12-22-16-10-6-9-15-11-19(3,4)23-18(15)16/h6,9-10,13-14H,5,7-8,11-12H2,1-4H3. The van der Waals surface area contributed by atoms with Crippen molar-refractivity contribution in [1.82, 2.24) is 4.90 Å². The van der Waals surface area contributed by atoms with Crippen molar-refractivity contribution in [2.75, 3.05) is 6.61 Å². The second kappa shape index (κ2) is 6.06. The summed E-state index contributed by atoms with van der Waals surface area (Å²) < 4.78 is 11.8. The highest BCUT2D eigenvalue weighted by atomic mass is 16.5. The average Bonchev–Trinajstić information content (AvgIpc) is 2.79. The van der Waals surface area contributed by atoms with Gasteiger partial charge in [-0.05, 0) is 53.0 Å². The molecule has 0 bridgehead atoms. The van der Waals surface area contributed by atoms with Crippen LogP contribution in [0.15, 0.2) is 18.2 Å². The Morgan fingerprint density at radius 3 is 2.70 bits per heavy atom. The molecule has 126 valence electrons. The fourth-order valence-corrected chi connectivity index (χ4v) is 3.83. The Labute approximate surface area is 138 Å². The van der Waals surface area contributed by atoms with Gasteiger partial charge in [-0.1, -0.05) is 12.1 Å². The van der Waals surface area contributed by atoms with Crippen LogP contribution in [0.5, 0.6) is 11.5 Å². The van der Waals surface area contributed by atoms with E-state index in [-0.39, 0.29) is 18.1 Å². The van der Waals surface area contributed by atoms with Crippen molar-refractivity contribution in [2.45, 2.75) is 71.1 Å². The van der Waals surface area contributed by atoms with Crippen molar-refractivity contribution in [3.63, 3.8) is 0 Å². The Morgan fingerprint density at radius 1 is 1.30 bits per heavy atom. The minimum absolute atomic E-state index is 0.0690. The van der Waals surface area contributed by atoms with Crippen molar-refractivity contribution < 1.29 is 14.3 Å². The van der Waals surface area contributed by atoms with Crippen LogP contribution in [0.25, 0.3) is 0 Å². The number of rotatable bonds is 3. The fourth-order valence-electron chi connectivity index (χ4n) is 3.83. The lowest BCUT2D eigenvalue weighted by Crippen LogP contribution is -2.49. The predicted octanol–water partition coefficient (Wildman–Crippen LogP) is 3.57. The molecule has 1 saturated heterocycles.